The summed E-state index contributed by atoms with van der Waals surface area (Å²) in [6, 6.07) is 4.67. The molecule has 1 aromatic carbocycles. The molecule has 0 aliphatic carbocycles. The number of pyridine rings is 1. The maximum atomic E-state index is 12.8. The second kappa shape index (κ2) is 7.47. The number of carbonyl (C=O) groups is 1. The Kier molecular flexibility index (Phi) is 5.10. The molecule has 2 aliphatic heterocycles. The summed E-state index contributed by atoms with van der Waals surface area (Å²) < 4.78 is 28.5. The summed E-state index contributed by atoms with van der Waals surface area (Å²) in [5.74, 6) is -0.999. The van der Waals surface area contributed by atoms with E-state index in [0.29, 0.717) is 16.6 Å². The molecule has 3 N–H and O–H groups in total. The third kappa shape index (κ3) is 3.58. The van der Waals surface area contributed by atoms with E-state index >= 15 is 0 Å². The van der Waals surface area contributed by atoms with Crippen molar-refractivity contribution in [2.24, 2.45) is 7.05 Å². The van der Waals surface area contributed by atoms with Crippen LogP contribution in [0.2, 0.25) is 0 Å². The Hall–Kier alpha value is -2.79. The van der Waals surface area contributed by atoms with Gasteiger partial charge in [-0.25, -0.2) is 9.03 Å². The van der Waals surface area contributed by atoms with Crippen molar-refractivity contribution in [3.63, 3.8) is 0 Å². The van der Waals surface area contributed by atoms with Gasteiger partial charge in [-0.1, -0.05) is 6.92 Å². The Balaban J connectivity index is 1.72. The summed E-state index contributed by atoms with van der Waals surface area (Å²) in [7, 11) is -2.45. The van der Waals surface area contributed by atoms with Crippen molar-refractivity contribution in [2.75, 3.05) is 35.8 Å². The SMILES string of the molecule is CCN1CCC(Nc2cc3cc(N4CC(=O)NS4(=O)=O)c(O)cc3n(C)c2=O)CC1. The highest BCUT2D eigenvalue weighted by atomic mass is 32.2. The first-order chi connectivity index (χ1) is 14.2. The number of benzene rings is 1. The summed E-state index contributed by atoms with van der Waals surface area (Å²) >= 11 is 0. The van der Waals surface area contributed by atoms with Crippen molar-refractivity contribution < 1.29 is 18.3 Å². The third-order valence-electron chi connectivity index (χ3n) is 5.80. The number of likely N-dealkylation sites (tertiary alicyclic amines) is 1. The Labute approximate surface area is 174 Å². The number of anilines is 2. The number of hydrogen-bond acceptors (Lipinski definition) is 7. The second-order valence-corrected chi connectivity index (χ2v) is 9.31. The van der Waals surface area contributed by atoms with Crippen LogP contribution in [0.15, 0.2) is 23.0 Å². The van der Waals surface area contributed by atoms with Crippen LogP contribution in [0, 0.1) is 0 Å². The minimum atomic E-state index is -4.05. The number of aryl methyl sites for hydroxylation is 1. The summed E-state index contributed by atoms with van der Waals surface area (Å²) in [5.41, 5.74) is 0.651. The molecule has 0 radical (unpaired) electrons. The standard InChI is InChI=1S/C19H25N5O5S/c1-3-23-6-4-13(5-7-23)20-14-8-12-9-16(24-11-18(26)21-30(24,28)29)17(25)10-15(12)22(2)19(14)27/h8-10,13,20,25H,3-7,11H2,1-2H3,(H,21,26). The fourth-order valence-electron chi connectivity index (χ4n) is 4.07. The number of rotatable bonds is 4. The molecule has 2 aromatic rings. The summed E-state index contributed by atoms with van der Waals surface area (Å²) in [6.07, 6.45) is 1.85. The van der Waals surface area contributed by atoms with Gasteiger partial charge < -0.3 is 19.9 Å². The van der Waals surface area contributed by atoms with E-state index in [9.17, 15) is 23.1 Å². The summed E-state index contributed by atoms with van der Waals surface area (Å²) in [6.45, 7) is 4.66. The van der Waals surface area contributed by atoms with E-state index in [2.05, 4.69) is 17.1 Å². The topological polar surface area (TPSA) is 124 Å². The van der Waals surface area contributed by atoms with Crippen molar-refractivity contribution >= 4 is 38.4 Å². The van der Waals surface area contributed by atoms with Crippen LogP contribution in [-0.4, -0.2) is 61.1 Å². The molecule has 0 spiro atoms. The minimum absolute atomic E-state index is 0.0123. The molecule has 0 atom stereocenters. The zero-order chi connectivity index (χ0) is 21.6. The molecule has 3 heterocycles. The van der Waals surface area contributed by atoms with Gasteiger partial charge in [0, 0.05) is 37.6 Å². The average Bonchev–Trinajstić information content (AvgIpc) is 2.98. The fraction of sp³-hybridized carbons (Fsp3) is 0.474. The maximum absolute atomic E-state index is 12.8. The van der Waals surface area contributed by atoms with E-state index in [0.717, 1.165) is 36.8 Å². The van der Waals surface area contributed by atoms with E-state index in [-0.39, 0.29) is 23.0 Å². The Morgan fingerprint density at radius 3 is 2.50 bits per heavy atom. The van der Waals surface area contributed by atoms with Gasteiger partial charge in [-0.3, -0.25) is 9.59 Å². The summed E-state index contributed by atoms with van der Waals surface area (Å²) in [5, 5.41) is 14.3. The predicted octanol–water partition coefficient (Wildman–Crippen LogP) is 0.321. The van der Waals surface area contributed by atoms with Crippen molar-refractivity contribution in [1.82, 2.24) is 14.2 Å². The Bertz CT molecular complexity index is 1170. The van der Waals surface area contributed by atoms with Crippen LogP contribution < -0.4 is 19.9 Å². The molecule has 0 unspecified atom stereocenters. The average molecular weight is 436 g/mol. The monoisotopic (exact) mass is 435 g/mol. The lowest BCUT2D eigenvalue weighted by atomic mass is 10.0. The zero-order valence-electron chi connectivity index (χ0n) is 16.9. The zero-order valence-corrected chi connectivity index (χ0v) is 17.7. The van der Waals surface area contributed by atoms with Crippen LogP contribution in [0.3, 0.4) is 0 Å². The first-order valence-corrected chi connectivity index (χ1v) is 11.3. The van der Waals surface area contributed by atoms with Crippen LogP contribution in [-0.2, 0) is 22.1 Å². The van der Waals surface area contributed by atoms with E-state index < -0.39 is 22.7 Å². The van der Waals surface area contributed by atoms with Gasteiger partial charge in [0.1, 0.15) is 18.0 Å². The van der Waals surface area contributed by atoms with E-state index in [4.69, 9.17) is 0 Å². The number of hydrogen-bond donors (Lipinski definition) is 3. The molecular weight excluding hydrogens is 410 g/mol. The molecule has 0 bridgehead atoms. The highest BCUT2D eigenvalue weighted by molar-refractivity contribution is 7.92. The number of phenolic OH excluding ortho intramolecular Hbond substituents is 1. The lowest BCUT2D eigenvalue weighted by Crippen LogP contribution is -2.40. The number of nitrogens with zero attached hydrogens (tertiary/aromatic N) is 3. The van der Waals surface area contributed by atoms with Crippen LogP contribution in [0.4, 0.5) is 11.4 Å². The van der Waals surface area contributed by atoms with Gasteiger partial charge in [-0.15, -0.1) is 0 Å². The molecule has 30 heavy (non-hydrogen) atoms. The largest absolute Gasteiger partial charge is 0.506 e. The molecule has 10 nitrogen and oxygen atoms in total. The van der Waals surface area contributed by atoms with Crippen LogP contribution in [0.1, 0.15) is 19.8 Å². The number of piperidine rings is 1. The van der Waals surface area contributed by atoms with Crippen LogP contribution in [0.25, 0.3) is 10.9 Å². The molecule has 11 heteroatoms. The molecule has 2 saturated heterocycles. The van der Waals surface area contributed by atoms with Gasteiger partial charge in [0.05, 0.1) is 11.2 Å². The lowest BCUT2D eigenvalue weighted by molar-refractivity contribution is -0.117. The van der Waals surface area contributed by atoms with Crippen molar-refractivity contribution in [1.29, 1.82) is 0 Å². The van der Waals surface area contributed by atoms with Gasteiger partial charge in [-0.05, 0) is 31.5 Å². The fourth-order valence-corrected chi connectivity index (χ4v) is 5.23. The maximum Gasteiger partial charge on any atom is 0.326 e. The van der Waals surface area contributed by atoms with Crippen molar-refractivity contribution in [3.8, 4) is 5.75 Å². The number of carbonyl (C=O) groups excluding carboxylic acids is 1. The first kappa shape index (κ1) is 20.5. The molecule has 2 aliphatic rings. The number of aromatic hydroxyl groups is 1. The van der Waals surface area contributed by atoms with Gasteiger partial charge in [0.15, 0.2) is 0 Å². The lowest BCUT2D eigenvalue weighted by Gasteiger charge is -2.32. The highest BCUT2D eigenvalue weighted by Crippen LogP contribution is 2.35. The molecule has 1 aromatic heterocycles. The third-order valence-corrected chi connectivity index (χ3v) is 7.20. The smallest absolute Gasteiger partial charge is 0.326 e. The van der Waals surface area contributed by atoms with E-state index in [1.54, 1.807) is 13.1 Å². The van der Waals surface area contributed by atoms with E-state index in [1.807, 2.05) is 4.72 Å². The first-order valence-electron chi connectivity index (χ1n) is 9.88. The van der Waals surface area contributed by atoms with E-state index in [1.165, 1.54) is 16.7 Å². The normalized spacial score (nSPS) is 19.9. The number of nitrogens with one attached hydrogen (secondary N) is 2. The number of phenols is 1. The molecule has 0 saturated carbocycles. The molecule has 2 fully saturated rings. The molecule has 1 amide bonds. The molecule has 4 rings (SSSR count). The van der Waals surface area contributed by atoms with Crippen molar-refractivity contribution in [2.45, 2.75) is 25.8 Å². The van der Waals surface area contributed by atoms with Crippen molar-refractivity contribution in [3.05, 3.63) is 28.6 Å². The quantitative estimate of drug-likeness (QED) is 0.632. The molecular formula is C19H25N5O5S. The molecule has 162 valence electrons. The Morgan fingerprint density at radius 1 is 1.20 bits per heavy atom. The highest BCUT2D eigenvalue weighted by Gasteiger charge is 2.35. The van der Waals surface area contributed by atoms with Gasteiger partial charge in [-0.2, -0.15) is 8.42 Å². The van der Waals surface area contributed by atoms with Crippen LogP contribution >= 0.6 is 0 Å². The van der Waals surface area contributed by atoms with Gasteiger partial charge in [0.25, 0.3) is 11.5 Å². The minimum Gasteiger partial charge on any atom is -0.506 e. The van der Waals surface area contributed by atoms with Crippen LogP contribution in [0.5, 0.6) is 5.75 Å². The number of aromatic nitrogens is 1. The number of amides is 1. The summed E-state index contributed by atoms with van der Waals surface area (Å²) in [4.78, 5) is 26.7. The predicted molar refractivity (Wildman–Crippen MR) is 114 cm³/mol. The van der Waals surface area contributed by atoms with Gasteiger partial charge in [0.2, 0.25) is 0 Å². The van der Waals surface area contributed by atoms with Gasteiger partial charge >= 0.3 is 10.2 Å². The Morgan fingerprint density at radius 2 is 1.90 bits per heavy atom. The second-order valence-electron chi connectivity index (χ2n) is 7.71. The number of fused-ring (bicyclic) bond motifs is 1.